The van der Waals surface area contributed by atoms with Crippen molar-refractivity contribution >= 4 is 45.4 Å². The molecule has 0 saturated heterocycles. The number of carbonyl (C=O) groups is 1. The molecule has 2 rings (SSSR count). The molecule has 0 radical (unpaired) electrons. The maximum absolute atomic E-state index is 11.8. The van der Waals surface area contributed by atoms with Gasteiger partial charge in [-0.15, -0.1) is 28.5 Å². The fraction of sp³-hybridized carbons (Fsp3) is 0.267. The van der Waals surface area contributed by atoms with Crippen molar-refractivity contribution in [1.82, 2.24) is 20.1 Å². The number of allylic oxidation sites excluding steroid dienone is 1. The summed E-state index contributed by atoms with van der Waals surface area (Å²) in [5, 5.41) is 11.5. The van der Waals surface area contributed by atoms with Gasteiger partial charge in [-0.2, -0.15) is 0 Å². The largest absolute Gasteiger partial charge is 0.355 e. The second kappa shape index (κ2) is 9.79. The van der Waals surface area contributed by atoms with E-state index < -0.39 is 0 Å². The number of thioether (sulfide) groups is 2. The number of nitrogens with zero attached hydrogens (tertiary/aromatic N) is 3. The molecular weight excluding hydrogens is 396 g/mol. The quantitative estimate of drug-likeness (QED) is 0.389. The van der Waals surface area contributed by atoms with Crippen LogP contribution in [-0.4, -0.2) is 38.7 Å². The van der Waals surface area contributed by atoms with Crippen molar-refractivity contribution in [2.75, 3.05) is 18.1 Å². The van der Waals surface area contributed by atoms with Gasteiger partial charge in [-0.05, 0) is 24.3 Å². The van der Waals surface area contributed by atoms with Crippen molar-refractivity contribution in [2.24, 2.45) is 0 Å². The average Bonchev–Trinajstić information content (AvgIpc) is 2.99. The minimum atomic E-state index is -0.000408. The molecule has 0 aliphatic heterocycles. The number of hydrogen-bond acceptors (Lipinski definition) is 5. The van der Waals surface area contributed by atoms with Crippen LogP contribution in [0.3, 0.4) is 0 Å². The Morgan fingerprint density at radius 3 is 2.87 bits per heavy atom. The smallest absolute Gasteiger partial charge is 0.230 e. The molecule has 0 fully saturated rings. The van der Waals surface area contributed by atoms with Crippen molar-refractivity contribution in [3.63, 3.8) is 0 Å². The Balaban J connectivity index is 1.64. The molecule has 1 aromatic carbocycles. The molecule has 5 nitrogen and oxygen atoms in total. The lowest BCUT2D eigenvalue weighted by Gasteiger charge is -2.06. The van der Waals surface area contributed by atoms with E-state index in [-0.39, 0.29) is 5.91 Å². The number of halogens is 1. The average molecular weight is 413 g/mol. The summed E-state index contributed by atoms with van der Waals surface area (Å²) >= 11 is 6.50. The number of benzene rings is 1. The van der Waals surface area contributed by atoms with Crippen LogP contribution in [0.15, 0.2) is 57.8 Å². The summed E-state index contributed by atoms with van der Waals surface area (Å²) in [6, 6.07) is 8.13. The first-order valence-electron chi connectivity index (χ1n) is 6.95. The highest BCUT2D eigenvalue weighted by Crippen LogP contribution is 2.20. The van der Waals surface area contributed by atoms with Crippen LogP contribution in [0.1, 0.15) is 0 Å². The van der Waals surface area contributed by atoms with Gasteiger partial charge in [-0.3, -0.25) is 4.79 Å². The van der Waals surface area contributed by atoms with Crippen LogP contribution >= 0.6 is 39.5 Å². The Morgan fingerprint density at radius 1 is 1.35 bits per heavy atom. The van der Waals surface area contributed by atoms with E-state index in [4.69, 9.17) is 0 Å². The van der Waals surface area contributed by atoms with E-state index in [1.165, 1.54) is 16.7 Å². The summed E-state index contributed by atoms with van der Waals surface area (Å²) in [5.74, 6) is 1.17. The third kappa shape index (κ3) is 6.40. The van der Waals surface area contributed by atoms with Crippen LogP contribution in [-0.2, 0) is 11.3 Å². The molecule has 0 aliphatic carbocycles. The fourth-order valence-electron chi connectivity index (χ4n) is 1.69. The van der Waals surface area contributed by atoms with Gasteiger partial charge in [0.15, 0.2) is 5.16 Å². The predicted molar refractivity (Wildman–Crippen MR) is 98.8 cm³/mol. The van der Waals surface area contributed by atoms with E-state index in [9.17, 15) is 4.79 Å². The molecule has 0 aliphatic rings. The summed E-state index contributed by atoms with van der Waals surface area (Å²) in [7, 11) is 0. The zero-order valence-electron chi connectivity index (χ0n) is 12.4. The minimum Gasteiger partial charge on any atom is -0.355 e. The van der Waals surface area contributed by atoms with Gasteiger partial charge < -0.3 is 9.88 Å². The monoisotopic (exact) mass is 412 g/mol. The maximum Gasteiger partial charge on any atom is 0.230 e. The van der Waals surface area contributed by atoms with Gasteiger partial charge in [0.25, 0.3) is 0 Å². The first-order valence-corrected chi connectivity index (χ1v) is 9.72. The molecule has 1 amide bonds. The van der Waals surface area contributed by atoms with Crippen LogP contribution < -0.4 is 5.32 Å². The van der Waals surface area contributed by atoms with Gasteiger partial charge in [0.2, 0.25) is 5.91 Å². The molecule has 0 saturated carbocycles. The normalized spacial score (nSPS) is 10.5. The van der Waals surface area contributed by atoms with Gasteiger partial charge in [-0.1, -0.05) is 33.8 Å². The molecule has 2 aromatic rings. The number of rotatable bonds is 9. The van der Waals surface area contributed by atoms with Crippen molar-refractivity contribution < 1.29 is 4.79 Å². The Morgan fingerprint density at radius 2 is 2.13 bits per heavy atom. The lowest BCUT2D eigenvalue weighted by atomic mass is 10.4. The van der Waals surface area contributed by atoms with Gasteiger partial charge in [0, 0.05) is 28.2 Å². The molecule has 0 atom stereocenters. The van der Waals surface area contributed by atoms with Gasteiger partial charge in [0.1, 0.15) is 6.33 Å². The number of aromatic nitrogens is 3. The SMILES string of the molecule is C=CCn1cnnc1SCC(=O)NCCSc1ccc(Br)cc1. The zero-order chi connectivity index (χ0) is 16.5. The number of hydrogen-bond donors (Lipinski definition) is 1. The number of amides is 1. The van der Waals surface area contributed by atoms with Crippen molar-refractivity contribution in [2.45, 2.75) is 16.6 Å². The second-order valence-corrected chi connectivity index (χ2v) is 7.52. The molecule has 122 valence electrons. The molecule has 0 spiro atoms. The number of nitrogens with one attached hydrogen (secondary N) is 1. The first kappa shape index (κ1) is 18.1. The van der Waals surface area contributed by atoms with Crippen molar-refractivity contribution in [3.8, 4) is 0 Å². The van der Waals surface area contributed by atoms with Gasteiger partial charge in [0.05, 0.1) is 5.75 Å². The number of carbonyl (C=O) groups excluding carboxylic acids is 1. The lowest BCUT2D eigenvalue weighted by Crippen LogP contribution is -2.27. The summed E-state index contributed by atoms with van der Waals surface area (Å²) in [4.78, 5) is 13.0. The first-order chi connectivity index (χ1) is 11.2. The van der Waals surface area contributed by atoms with Gasteiger partial charge >= 0.3 is 0 Å². The van der Waals surface area contributed by atoms with E-state index in [0.29, 0.717) is 18.8 Å². The van der Waals surface area contributed by atoms with E-state index in [0.717, 1.165) is 15.4 Å². The Bertz CT molecular complexity index is 645. The molecule has 1 aromatic heterocycles. The highest BCUT2D eigenvalue weighted by atomic mass is 79.9. The Hall–Kier alpha value is -1.25. The third-order valence-corrected chi connectivity index (χ3v) is 5.27. The van der Waals surface area contributed by atoms with E-state index >= 15 is 0 Å². The highest BCUT2D eigenvalue weighted by Gasteiger charge is 2.07. The minimum absolute atomic E-state index is 0.000408. The summed E-state index contributed by atoms with van der Waals surface area (Å²) in [5.41, 5.74) is 0. The van der Waals surface area contributed by atoms with Gasteiger partial charge in [-0.25, -0.2) is 0 Å². The van der Waals surface area contributed by atoms with E-state index in [1.807, 2.05) is 16.7 Å². The topological polar surface area (TPSA) is 59.8 Å². The zero-order valence-corrected chi connectivity index (χ0v) is 15.7. The molecule has 23 heavy (non-hydrogen) atoms. The second-order valence-electron chi connectivity index (χ2n) is 4.50. The highest BCUT2D eigenvalue weighted by molar-refractivity contribution is 9.10. The van der Waals surface area contributed by atoms with Crippen LogP contribution in [0.2, 0.25) is 0 Å². The van der Waals surface area contributed by atoms with Crippen LogP contribution in [0, 0.1) is 0 Å². The summed E-state index contributed by atoms with van der Waals surface area (Å²) in [6.07, 6.45) is 3.41. The van der Waals surface area contributed by atoms with E-state index in [2.05, 4.69) is 50.2 Å². The van der Waals surface area contributed by atoms with Crippen molar-refractivity contribution in [3.05, 3.63) is 47.7 Å². The predicted octanol–water partition coefficient (Wildman–Crippen LogP) is 3.23. The standard InChI is InChI=1S/C15H17BrN4OS2/c1-2-8-20-11-18-19-15(20)23-10-14(21)17-7-9-22-13-5-3-12(16)4-6-13/h2-6,11H,1,7-10H2,(H,17,21). The Labute approximate surface area is 152 Å². The lowest BCUT2D eigenvalue weighted by molar-refractivity contribution is -0.118. The van der Waals surface area contributed by atoms with E-state index in [1.54, 1.807) is 24.2 Å². The molecule has 1 N–H and O–H groups in total. The van der Waals surface area contributed by atoms with Crippen LogP contribution in [0.25, 0.3) is 0 Å². The van der Waals surface area contributed by atoms with Crippen molar-refractivity contribution in [1.29, 1.82) is 0 Å². The summed E-state index contributed by atoms with van der Waals surface area (Å²) < 4.78 is 2.92. The molecule has 1 heterocycles. The fourth-order valence-corrected chi connectivity index (χ4v) is 3.48. The molecule has 0 unspecified atom stereocenters. The summed E-state index contributed by atoms with van der Waals surface area (Å²) in [6.45, 7) is 4.96. The molecule has 8 heteroatoms. The van der Waals surface area contributed by atoms with Crippen LogP contribution in [0.5, 0.6) is 0 Å². The molecule has 0 bridgehead atoms. The maximum atomic E-state index is 11.8. The Kier molecular flexibility index (Phi) is 7.70. The van der Waals surface area contributed by atoms with Crippen LogP contribution in [0.4, 0.5) is 0 Å². The molecular formula is C15H17BrN4OS2. The third-order valence-electron chi connectivity index (χ3n) is 2.74.